The Hall–Kier alpha value is -3.35. The van der Waals surface area contributed by atoms with Crippen LogP contribution in [0.25, 0.3) is 0 Å². The number of aromatic hydroxyl groups is 1. The fourth-order valence-electron chi connectivity index (χ4n) is 2.19. The summed E-state index contributed by atoms with van der Waals surface area (Å²) in [6, 6.07) is 14.5. The van der Waals surface area contributed by atoms with Gasteiger partial charge in [0, 0.05) is 18.8 Å². The lowest BCUT2D eigenvalue weighted by molar-refractivity contribution is 0.475. The Bertz CT molecular complexity index is 792. The summed E-state index contributed by atoms with van der Waals surface area (Å²) in [6.07, 6.45) is 2.50. The van der Waals surface area contributed by atoms with Crippen LogP contribution in [0.2, 0.25) is 0 Å². The second kappa shape index (κ2) is 7.28. The topological polar surface area (TPSA) is 109 Å². The number of nitrogens with two attached hydrogens (primary N) is 1. The van der Waals surface area contributed by atoms with Crippen molar-refractivity contribution < 1.29 is 5.11 Å². The van der Waals surface area contributed by atoms with Gasteiger partial charge in [-0.3, -0.25) is 0 Å². The van der Waals surface area contributed by atoms with E-state index in [4.69, 9.17) is 5.73 Å². The number of nitrogen functional groups attached to an aromatic ring is 1. The zero-order chi connectivity index (χ0) is 16.8. The minimum Gasteiger partial charge on any atom is -0.508 e. The summed E-state index contributed by atoms with van der Waals surface area (Å²) in [7, 11) is 0. The van der Waals surface area contributed by atoms with Crippen molar-refractivity contribution in [1.29, 1.82) is 0 Å². The van der Waals surface area contributed by atoms with E-state index in [1.165, 1.54) is 0 Å². The molecule has 24 heavy (non-hydrogen) atoms. The molecule has 2 heterocycles. The van der Waals surface area contributed by atoms with Gasteiger partial charge in [-0.05, 0) is 36.2 Å². The van der Waals surface area contributed by atoms with E-state index in [9.17, 15) is 5.11 Å². The van der Waals surface area contributed by atoms with E-state index < -0.39 is 0 Å². The molecule has 7 nitrogen and oxygen atoms in total. The van der Waals surface area contributed by atoms with Crippen LogP contribution >= 0.6 is 0 Å². The number of rotatable bonds is 6. The largest absolute Gasteiger partial charge is 0.508 e. The van der Waals surface area contributed by atoms with Gasteiger partial charge in [-0.1, -0.05) is 18.2 Å². The first kappa shape index (κ1) is 15.5. The minimum absolute atomic E-state index is 0.183. The molecule has 1 aromatic carbocycles. The zero-order valence-corrected chi connectivity index (χ0v) is 13.0. The lowest BCUT2D eigenvalue weighted by Gasteiger charge is -2.09. The van der Waals surface area contributed by atoms with Gasteiger partial charge in [-0.2, -0.15) is 9.97 Å². The zero-order valence-electron chi connectivity index (χ0n) is 13.0. The highest BCUT2D eigenvalue weighted by atomic mass is 16.3. The lowest BCUT2D eigenvalue weighted by Crippen LogP contribution is -2.09. The van der Waals surface area contributed by atoms with Gasteiger partial charge in [0.25, 0.3) is 0 Å². The van der Waals surface area contributed by atoms with Crippen molar-refractivity contribution in [2.24, 2.45) is 0 Å². The third-order valence-electron chi connectivity index (χ3n) is 3.32. The van der Waals surface area contributed by atoms with Gasteiger partial charge in [-0.15, -0.1) is 0 Å². The summed E-state index contributed by atoms with van der Waals surface area (Å²) in [5, 5.41) is 15.6. The Balaban J connectivity index is 1.62. The van der Waals surface area contributed by atoms with E-state index in [1.54, 1.807) is 24.4 Å². The van der Waals surface area contributed by atoms with Crippen molar-refractivity contribution in [2.45, 2.75) is 6.42 Å². The third-order valence-corrected chi connectivity index (χ3v) is 3.32. The van der Waals surface area contributed by atoms with Gasteiger partial charge in [0.15, 0.2) is 0 Å². The van der Waals surface area contributed by atoms with Gasteiger partial charge >= 0.3 is 0 Å². The summed E-state index contributed by atoms with van der Waals surface area (Å²) < 4.78 is 0. The smallest absolute Gasteiger partial charge is 0.223 e. The molecule has 0 bridgehead atoms. The van der Waals surface area contributed by atoms with Crippen molar-refractivity contribution in [2.75, 3.05) is 22.9 Å². The predicted octanol–water partition coefficient (Wildman–Crippen LogP) is 2.56. The van der Waals surface area contributed by atoms with E-state index in [0.717, 1.165) is 12.0 Å². The number of nitrogens with zero attached hydrogens (tertiary/aromatic N) is 3. The molecule has 0 saturated carbocycles. The van der Waals surface area contributed by atoms with E-state index in [1.807, 2.05) is 30.3 Å². The average molecular weight is 322 g/mol. The molecule has 0 spiro atoms. The van der Waals surface area contributed by atoms with Crippen LogP contribution in [-0.2, 0) is 6.42 Å². The fraction of sp³-hybridized carbons (Fsp3) is 0.118. The minimum atomic E-state index is 0.183. The van der Waals surface area contributed by atoms with Crippen LogP contribution in [0.1, 0.15) is 5.56 Å². The number of phenolic OH excluding ortho intramolecular Hbond substituents is 1. The Morgan fingerprint density at radius 2 is 1.75 bits per heavy atom. The van der Waals surface area contributed by atoms with E-state index >= 15 is 0 Å². The van der Waals surface area contributed by atoms with E-state index in [-0.39, 0.29) is 11.7 Å². The van der Waals surface area contributed by atoms with Crippen LogP contribution in [0, 0.1) is 0 Å². The van der Waals surface area contributed by atoms with Crippen LogP contribution in [0.15, 0.2) is 54.7 Å². The number of anilines is 4. The quantitative estimate of drug-likeness (QED) is 0.552. The molecule has 122 valence electrons. The molecule has 7 heteroatoms. The van der Waals surface area contributed by atoms with Gasteiger partial charge in [0.1, 0.15) is 23.2 Å². The Morgan fingerprint density at radius 3 is 2.50 bits per heavy atom. The maximum Gasteiger partial charge on any atom is 0.223 e. The molecule has 0 saturated heterocycles. The summed E-state index contributed by atoms with van der Waals surface area (Å²) in [5.74, 6) is 2.35. The molecule has 0 aliphatic rings. The van der Waals surface area contributed by atoms with Crippen molar-refractivity contribution in [1.82, 2.24) is 15.0 Å². The first-order valence-electron chi connectivity index (χ1n) is 7.53. The van der Waals surface area contributed by atoms with Gasteiger partial charge in [0.05, 0.1) is 0 Å². The number of aromatic nitrogens is 3. The number of hydrogen-bond acceptors (Lipinski definition) is 7. The normalized spacial score (nSPS) is 10.3. The van der Waals surface area contributed by atoms with Gasteiger partial charge in [-0.25, -0.2) is 4.98 Å². The molecule has 0 aliphatic heterocycles. The maximum atomic E-state index is 9.28. The van der Waals surface area contributed by atoms with E-state index in [0.29, 0.717) is 24.0 Å². The van der Waals surface area contributed by atoms with Crippen LogP contribution in [0.5, 0.6) is 5.75 Å². The highest BCUT2D eigenvalue weighted by Gasteiger charge is 2.03. The number of nitrogens with one attached hydrogen (secondary N) is 2. The standard InChI is InChI=1S/C17H18N6O/c18-17-22-15(20-10-8-12-4-6-13(24)7-5-12)11-16(23-17)21-14-3-1-2-9-19-14/h1-7,9,11,24H,8,10H2,(H4,18,19,20,21,22,23). The van der Waals surface area contributed by atoms with Crippen molar-refractivity contribution in [3.05, 3.63) is 60.3 Å². The average Bonchev–Trinajstić information content (AvgIpc) is 2.57. The highest BCUT2D eigenvalue weighted by Crippen LogP contribution is 2.17. The molecule has 0 aliphatic carbocycles. The SMILES string of the molecule is Nc1nc(NCCc2ccc(O)cc2)cc(Nc2ccccn2)n1. The molecule has 3 aromatic rings. The van der Waals surface area contributed by atoms with Gasteiger partial charge in [0.2, 0.25) is 5.95 Å². The first-order chi connectivity index (χ1) is 11.7. The molecule has 0 atom stereocenters. The molecule has 0 radical (unpaired) electrons. The molecule has 5 N–H and O–H groups in total. The second-order valence-corrected chi connectivity index (χ2v) is 5.18. The molecular formula is C17H18N6O. The Morgan fingerprint density at radius 1 is 0.958 bits per heavy atom. The fourth-order valence-corrected chi connectivity index (χ4v) is 2.19. The summed E-state index contributed by atoms with van der Waals surface area (Å²) in [5.41, 5.74) is 6.88. The molecule has 2 aromatic heterocycles. The highest BCUT2D eigenvalue weighted by molar-refractivity contribution is 5.57. The summed E-state index contributed by atoms with van der Waals surface area (Å²) in [6.45, 7) is 0.685. The molecule has 3 rings (SSSR count). The van der Waals surface area contributed by atoms with Crippen LogP contribution in [0.3, 0.4) is 0 Å². The van der Waals surface area contributed by atoms with Crippen LogP contribution in [-0.4, -0.2) is 26.6 Å². The lowest BCUT2D eigenvalue weighted by atomic mass is 10.1. The Labute approximate surface area is 139 Å². The van der Waals surface area contributed by atoms with Crippen molar-refractivity contribution >= 4 is 23.4 Å². The molecule has 0 fully saturated rings. The number of pyridine rings is 1. The van der Waals surface area contributed by atoms with Crippen LogP contribution < -0.4 is 16.4 Å². The Kier molecular flexibility index (Phi) is 4.71. The maximum absolute atomic E-state index is 9.28. The predicted molar refractivity (Wildman–Crippen MR) is 94.3 cm³/mol. The summed E-state index contributed by atoms with van der Waals surface area (Å²) in [4.78, 5) is 12.5. The summed E-state index contributed by atoms with van der Waals surface area (Å²) >= 11 is 0. The number of hydrogen-bond donors (Lipinski definition) is 4. The van der Waals surface area contributed by atoms with Crippen molar-refractivity contribution in [3.8, 4) is 5.75 Å². The third kappa shape index (κ3) is 4.33. The van der Waals surface area contributed by atoms with Gasteiger partial charge < -0.3 is 21.5 Å². The first-order valence-corrected chi connectivity index (χ1v) is 7.53. The molecular weight excluding hydrogens is 304 g/mol. The molecule has 0 amide bonds. The number of benzene rings is 1. The van der Waals surface area contributed by atoms with E-state index in [2.05, 4.69) is 25.6 Å². The second-order valence-electron chi connectivity index (χ2n) is 5.18. The van der Waals surface area contributed by atoms with Crippen LogP contribution in [0.4, 0.5) is 23.4 Å². The molecule has 0 unspecified atom stereocenters. The number of phenols is 1. The monoisotopic (exact) mass is 322 g/mol. The van der Waals surface area contributed by atoms with Crippen molar-refractivity contribution in [3.63, 3.8) is 0 Å².